The summed E-state index contributed by atoms with van der Waals surface area (Å²) in [5.41, 5.74) is 6.51. The molecule has 1 heteroatoms. The molecule has 4 rings (SSSR count). The van der Waals surface area contributed by atoms with Crippen LogP contribution in [0.4, 0.5) is 0 Å². The number of hydrogen-bond donors (Lipinski definition) is 0. The number of hydrogen-bond acceptors (Lipinski definition) is 1. The van der Waals surface area contributed by atoms with Crippen molar-refractivity contribution in [2.45, 2.75) is 41.0 Å². The van der Waals surface area contributed by atoms with E-state index in [1.807, 2.05) is 6.20 Å². The van der Waals surface area contributed by atoms with Gasteiger partial charge in [0.2, 0.25) is 0 Å². The predicted octanol–water partition coefficient (Wildman–Crippen LogP) is 7.26. The van der Waals surface area contributed by atoms with Gasteiger partial charge >= 0.3 is 0 Å². The van der Waals surface area contributed by atoms with Gasteiger partial charge in [-0.15, -0.1) is 0 Å². The molecule has 136 valence electrons. The smallest absolute Gasteiger partial charge is 0.0780 e. The zero-order chi connectivity index (χ0) is 19.2. The molecular formula is C26H27N. The summed E-state index contributed by atoms with van der Waals surface area (Å²) in [4.78, 5) is 4.75. The summed E-state index contributed by atoms with van der Waals surface area (Å²) in [5.74, 6) is 0. The Morgan fingerprint density at radius 3 is 2.11 bits per heavy atom. The third kappa shape index (κ3) is 3.47. The maximum Gasteiger partial charge on any atom is 0.0780 e. The fraction of sp³-hybridized carbons (Fsp3) is 0.269. The number of aryl methyl sites for hydroxylation is 2. The summed E-state index contributed by atoms with van der Waals surface area (Å²) in [6, 6.07) is 20.1. The average Bonchev–Trinajstić information content (AvgIpc) is 2.59. The van der Waals surface area contributed by atoms with Gasteiger partial charge in [0.05, 0.1) is 5.69 Å². The summed E-state index contributed by atoms with van der Waals surface area (Å²) in [6.45, 7) is 11.2. The van der Waals surface area contributed by atoms with Gasteiger partial charge in [-0.05, 0) is 65.6 Å². The van der Waals surface area contributed by atoms with Crippen LogP contribution in [0.25, 0.3) is 32.8 Å². The van der Waals surface area contributed by atoms with E-state index in [2.05, 4.69) is 89.2 Å². The minimum Gasteiger partial charge on any atom is -0.256 e. The largest absolute Gasteiger partial charge is 0.256 e. The van der Waals surface area contributed by atoms with Gasteiger partial charge in [-0.3, -0.25) is 4.98 Å². The Bertz CT molecular complexity index is 1130. The van der Waals surface area contributed by atoms with E-state index in [4.69, 9.17) is 4.98 Å². The van der Waals surface area contributed by atoms with Crippen LogP contribution in [0, 0.1) is 19.3 Å². The third-order valence-electron chi connectivity index (χ3n) is 5.11. The highest BCUT2D eigenvalue weighted by Crippen LogP contribution is 2.35. The van der Waals surface area contributed by atoms with E-state index in [9.17, 15) is 0 Å². The number of aromatic nitrogens is 1. The molecule has 0 spiro atoms. The van der Waals surface area contributed by atoms with Crippen LogP contribution < -0.4 is 0 Å². The van der Waals surface area contributed by atoms with Gasteiger partial charge in [-0.2, -0.15) is 0 Å². The van der Waals surface area contributed by atoms with Crippen molar-refractivity contribution in [3.8, 4) is 11.3 Å². The van der Waals surface area contributed by atoms with Crippen LogP contribution in [0.3, 0.4) is 0 Å². The van der Waals surface area contributed by atoms with Crippen molar-refractivity contribution in [2.24, 2.45) is 5.41 Å². The average molecular weight is 354 g/mol. The van der Waals surface area contributed by atoms with Crippen molar-refractivity contribution in [2.75, 3.05) is 0 Å². The molecule has 1 aromatic heterocycles. The number of fused-ring (bicyclic) bond motifs is 3. The van der Waals surface area contributed by atoms with Crippen molar-refractivity contribution in [3.63, 3.8) is 0 Å². The molecule has 0 radical (unpaired) electrons. The van der Waals surface area contributed by atoms with Gasteiger partial charge < -0.3 is 0 Å². The van der Waals surface area contributed by atoms with E-state index < -0.39 is 0 Å². The second kappa shape index (κ2) is 6.49. The third-order valence-corrected chi connectivity index (χ3v) is 5.11. The summed E-state index contributed by atoms with van der Waals surface area (Å²) < 4.78 is 0. The van der Waals surface area contributed by atoms with Crippen molar-refractivity contribution in [1.82, 2.24) is 4.98 Å². The Morgan fingerprint density at radius 2 is 1.41 bits per heavy atom. The number of benzene rings is 3. The minimum absolute atomic E-state index is 0.270. The van der Waals surface area contributed by atoms with E-state index in [0.29, 0.717) is 0 Å². The molecule has 0 N–H and O–H groups in total. The molecule has 1 nitrogen and oxygen atoms in total. The first-order valence-corrected chi connectivity index (χ1v) is 9.70. The first-order valence-electron chi connectivity index (χ1n) is 9.70. The quantitative estimate of drug-likeness (QED) is 0.346. The lowest BCUT2D eigenvalue weighted by Crippen LogP contribution is -2.09. The number of nitrogens with zero attached hydrogens (tertiary/aromatic N) is 1. The molecular weight excluding hydrogens is 326 g/mol. The van der Waals surface area contributed by atoms with Gasteiger partial charge in [0.15, 0.2) is 0 Å². The lowest BCUT2D eigenvalue weighted by Gasteiger charge is -2.20. The van der Waals surface area contributed by atoms with E-state index in [-0.39, 0.29) is 5.41 Å². The SMILES string of the molecule is Cc1cc(C)cc(-c2nccc3c2ccc2c(CC(C)(C)C)cccc23)c1. The number of rotatable bonds is 2. The molecule has 0 saturated carbocycles. The fourth-order valence-electron chi connectivity index (χ4n) is 4.16. The van der Waals surface area contributed by atoms with Crippen LogP contribution in [0.5, 0.6) is 0 Å². The summed E-state index contributed by atoms with van der Waals surface area (Å²) in [7, 11) is 0. The van der Waals surface area contributed by atoms with Crippen molar-refractivity contribution in [1.29, 1.82) is 0 Å². The molecule has 0 atom stereocenters. The van der Waals surface area contributed by atoms with E-state index in [0.717, 1.165) is 12.1 Å². The van der Waals surface area contributed by atoms with Crippen molar-refractivity contribution in [3.05, 3.63) is 77.5 Å². The highest BCUT2D eigenvalue weighted by molar-refractivity contribution is 6.12. The maximum atomic E-state index is 4.75. The van der Waals surface area contributed by atoms with Gasteiger partial charge in [0.1, 0.15) is 0 Å². The molecule has 0 fully saturated rings. The Kier molecular flexibility index (Phi) is 4.26. The summed E-state index contributed by atoms with van der Waals surface area (Å²) in [6.07, 6.45) is 3.02. The predicted molar refractivity (Wildman–Crippen MR) is 117 cm³/mol. The van der Waals surface area contributed by atoms with Crippen LogP contribution in [0.1, 0.15) is 37.5 Å². The Balaban J connectivity index is 1.98. The monoisotopic (exact) mass is 353 g/mol. The van der Waals surface area contributed by atoms with Crippen LogP contribution in [0.2, 0.25) is 0 Å². The second-order valence-corrected chi connectivity index (χ2v) is 8.95. The van der Waals surface area contributed by atoms with Gasteiger partial charge in [-0.1, -0.05) is 68.3 Å². The molecule has 0 bridgehead atoms. The molecule has 0 aliphatic heterocycles. The van der Waals surface area contributed by atoms with Gasteiger partial charge in [0, 0.05) is 17.1 Å². The van der Waals surface area contributed by atoms with Gasteiger partial charge in [0.25, 0.3) is 0 Å². The molecule has 27 heavy (non-hydrogen) atoms. The van der Waals surface area contributed by atoms with Crippen molar-refractivity contribution >= 4 is 21.5 Å². The molecule has 0 amide bonds. The molecule has 1 heterocycles. The first kappa shape index (κ1) is 17.7. The van der Waals surface area contributed by atoms with Crippen LogP contribution in [0.15, 0.2) is 60.8 Å². The normalized spacial score (nSPS) is 12.0. The minimum atomic E-state index is 0.270. The zero-order valence-corrected chi connectivity index (χ0v) is 16.9. The molecule has 0 aliphatic rings. The molecule has 4 aromatic rings. The molecule has 0 saturated heterocycles. The Hall–Kier alpha value is -2.67. The first-order chi connectivity index (χ1) is 12.8. The fourth-order valence-corrected chi connectivity index (χ4v) is 4.16. The molecule has 3 aromatic carbocycles. The second-order valence-electron chi connectivity index (χ2n) is 8.95. The van der Waals surface area contributed by atoms with Crippen LogP contribution >= 0.6 is 0 Å². The van der Waals surface area contributed by atoms with Crippen LogP contribution in [-0.4, -0.2) is 4.98 Å². The van der Waals surface area contributed by atoms with E-state index >= 15 is 0 Å². The number of pyridine rings is 1. The molecule has 0 unspecified atom stereocenters. The summed E-state index contributed by atoms with van der Waals surface area (Å²) >= 11 is 0. The standard InChI is InChI=1S/C26H27N/c1-17-13-18(2)15-20(14-17)25-24-10-9-21-19(16-26(3,4)5)7-6-8-22(21)23(24)11-12-27-25/h6-15H,16H2,1-5H3. The van der Waals surface area contributed by atoms with Crippen LogP contribution in [-0.2, 0) is 6.42 Å². The maximum absolute atomic E-state index is 4.75. The van der Waals surface area contributed by atoms with Gasteiger partial charge in [-0.25, -0.2) is 0 Å². The van der Waals surface area contributed by atoms with Crippen molar-refractivity contribution < 1.29 is 0 Å². The Labute approximate surface area is 162 Å². The highest BCUT2D eigenvalue weighted by Gasteiger charge is 2.15. The zero-order valence-electron chi connectivity index (χ0n) is 16.9. The topological polar surface area (TPSA) is 12.9 Å². The molecule has 0 aliphatic carbocycles. The van der Waals surface area contributed by atoms with E-state index in [1.54, 1.807) is 0 Å². The lowest BCUT2D eigenvalue weighted by molar-refractivity contribution is 0.412. The van der Waals surface area contributed by atoms with E-state index in [1.165, 1.54) is 43.8 Å². The Morgan fingerprint density at radius 1 is 0.741 bits per heavy atom. The highest BCUT2D eigenvalue weighted by atomic mass is 14.7. The lowest BCUT2D eigenvalue weighted by atomic mass is 9.85. The summed E-state index contributed by atoms with van der Waals surface area (Å²) in [5, 5.41) is 5.19.